The van der Waals surface area contributed by atoms with E-state index in [1.54, 1.807) is 11.1 Å². The third kappa shape index (κ3) is 10.3. The molecule has 0 aromatic heterocycles. The van der Waals surface area contributed by atoms with E-state index in [9.17, 15) is 0 Å². The first kappa shape index (κ1) is 63.5. The van der Waals surface area contributed by atoms with E-state index in [2.05, 4.69) is 345 Å². The summed E-state index contributed by atoms with van der Waals surface area (Å²) in [5, 5.41) is 20.5. The Morgan fingerprint density at radius 3 is 0.755 bits per heavy atom. The normalized spacial score (nSPS) is 15.1. The molecular formula is C94H74Cl2SiZr-2. The second-order valence-corrected chi connectivity index (χ2v) is 59.5. The van der Waals surface area contributed by atoms with Crippen molar-refractivity contribution >= 4 is 105 Å². The topological polar surface area (TPSA) is 0 Å². The van der Waals surface area contributed by atoms with Crippen LogP contribution in [0.4, 0.5) is 0 Å². The van der Waals surface area contributed by atoms with Gasteiger partial charge in [0, 0.05) is 0 Å². The van der Waals surface area contributed by atoms with E-state index in [0.29, 0.717) is 0 Å². The van der Waals surface area contributed by atoms with Crippen LogP contribution in [0, 0.1) is 0 Å². The Hall–Kier alpha value is -9.24. The molecule has 0 radical (unpaired) electrons. The summed E-state index contributed by atoms with van der Waals surface area (Å²) in [6.07, 6.45) is 7.45. The van der Waals surface area contributed by atoms with E-state index in [1.807, 2.05) is 0 Å². The Bertz CT molecular complexity index is 5470. The second-order valence-electron chi connectivity index (χ2n) is 29.0. The van der Waals surface area contributed by atoms with Crippen LogP contribution in [0.3, 0.4) is 0 Å². The van der Waals surface area contributed by atoms with Gasteiger partial charge in [-0.05, 0) is 0 Å². The van der Waals surface area contributed by atoms with Gasteiger partial charge in [-0.25, -0.2) is 0 Å². The summed E-state index contributed by atoms with van der Waals surface area (Å²) in [5.74, 6) is 0.500. The number of rotatable bonds is 12. The van der Waals surface area contributed by atoms with Gasteiger partial charge < -0.3 is 24.8 Å². The van der Waals surface area contributed by atoms with Gasteiger partial charge in [-0.1, -0.05) is 0 Å². The van der Waals surface area contributed by atoms with E-state index in [4.69, 9.17) is 0 Å². The first-order valence-corrected chi connectivity index (χ1v) is 48.2. The zero-order chi connectivity index (χ0) is 64.4. The van der Waals surface area contributed by atoms with Crippen molar-refractivity contribution in [2.24, 2.45) is 0 Å². The SMILES string of the molecule is CC(CC1=Cc2c(-c3c4ccccc4cc4ccccc34)ccc(-c3c4ccccc4cc4ccccc34)c2[CH]1[Zr]([CH3])([CH3])(=[SiH2])[CH]1C(CC(C)c2ccccc2)=Cc2c(-c3c4ccccc4cc4ccccc34)ccc(-c3c4ccccc4cc4ccccc34)c21)c1ccccc1.[Cl-].[Cl-]. The first-order chi connectivity index (χ1) is 47.0. The smallest absolute Gasteiger partial charge is 1.00 e. The van der Waals surface area contributed by atoms with E-state index < -0.39 is 17.4 Å². The maximum atomic E-state index is 2.94. The molecule has 0 N–H and O–H groups in total. The maximum Gasteiger partial charge on any atom is -1.00 e. The number of hydrogen-bond acceptors (Lipinski definition) is 0. The van der Waals surface area contributed by atoms with Crippen LogP contribution in [0.25, 0.3) is 143 Å². The van der Waals surface area contributed by atoms with Gasteiger partial charge in [-0.15, -0.1) is 0 Å². The number of allylic oxidation sites excluding steroid dienone is 2. The van der Waals surface area contributed by atoms with E-state index in [0.717, 1.165) is 12.8 Å². The van der Waals surface area contributed by atoms with Crippen LogP contribution in [0.1, 0.15) is 79.2 Å². The number of fused-ring (bicyclic) bond motifs is 10. The van der Waals surface area contributed by atoms with Gasteiger partial charge in [0.1, 0.15) is 0 Å². The van der Waals surface area contributed by atoms with Crippen molar-refractivity contribution in [1.29, 1.82) is 0 Å². The quantitative estimate of drug-likeness (QED) is 0.0845. The molecule has 0 bridgehead atoms. The average Bonchev–Trinajstić information content (AvgIpc) is 1.48. The zero-order valence-corrected chi connectivity index (χ0v) is 61.1. The van der Waals surface area contributed by atoms with Crippen LogP contribution < -0.4 is 24.8 Å². The molecule has 0 amide bonds. The Kier molecular flexibility index (Phi) is 16.2. The van der Waals surface area contributed by atoms with Crippen molar-refractivity contribution in [3.63, 3.8) is 0 Å². The molecule has 4 unspecified atom stereocenters. The van der Waals surface area contributed by atoms with Crippen molar-refractivity contribution in [3.05, 3.63) is 348 Å². The third-order valence-corrected chi connectivity index (χ3v) is 39.8. The predicted octanol–water partition coefficient (Wildman–Crippen LogP) is 19.9. The van der Waals surface area contributed by atoms with Crippen LogP contribution in [0.15, 0.2) is 314 Å². The zero-order valence-electron chi connectivity index (χ0n) is 55.7. The van der Waals surface area contributed by atoms with Gasteiger partial charge in [0.05, 0.1) is 0 Å². The number of benzene rings is 16. The van der Waals surface area contributed by atoms with Crippen LogP contribution in [0.5, 0.6) is 0 Å². The van der Waals surface area contributed by atoms with Crippen molar-refractivity contribution in [2.75, 3.05) is 0 Å². The molecule has 474 valence electrons. The van der Waals surface area contributed by atoms with Crippen molar-refractivity contribution in [1.82, 2.24) is 0 Å². The summed E-state index contributed by atoms with van der Waals surface area (Å²) in [7, 11) is 0. The minimum absolute atomic E-state index is 0. The van der Waals surface area contributed by atoms with Crippen LogP contribution in [0.2, 0.25) is 9.26 Å². The Morgan fingerprint density at radius 2 is 0.500 bits per heavy atom. The molecular weight excluding hydrogens is 1320 g/mol. The molecule has 0 fully saturated rings. The molecule has 2 aliphatic rings. The maximum absolute atomic E-state index is 5.04. The largest absolute Gasteiger partial charge is 1.00 e. The van der Waals surface area contributed by atoms with E-state index in [1.165, 1.54) is 164 Å². The van der Waals surface area contributed by atoms with Crippen LogP contribution >= 0.6 is 0 Å². The van der Waals surface area contributed by atoms with Crippen LogP contribution in [-0.2, 0) is 17.4 Å². The summed E-state index contributed by atoms with van der Waals surface area (Å²) in [6, 6.07) is 116. The first-order valence-electron chi connectivity index (χ1n) is 34.6. The summed E-state index contributed by atoms with van der Waals surface area (Å²) in [4.78, 5) is 0. The van der Waals surface area contributed by atoms with Gasteiger partial charge in [0.15, 0.2) is 0 Å². The number of halogens is 2. The average molecular weight is 1390 g/mol. The fourth-order valence-electron chi connectivity index (χ4n) is 18.4. The second kappa shape index (κ2) is 24.9. The fraction of sp³-hybridized carbons (Fsp3) is 0.106. The Labute approximate surface area is 589 Å². The van der Waals surface area contributed by atoms with Crippen molar-refractivity contribution in [2.45, 2.75) is 55.0 Å². The fourth-order valence-corrected chi connectivity index (χ4v) is 37.9. The summed E-state index contributed by atoms with van der Waals surface area (Å²) in [6.45, 7) is 7.55. The molecule has 0 heterocycles. The monoisotopic (exact) mass is 1390 g/mol. The molecule has 16 aromatic rings. The van der Waals surface area contributed by atoms with Crippen molar-refractivity contribution < 1.29 is 42.2 Å². The predicted molar refractivity (Wildman–Crippen MR) is 415 cm³/mol. The van der Waals surface area contributed by atoms with Gasteiger partial charge in [-0.3, -0.25) is 0 Å². The van der Waals surface area contributed by atoms with E-state index in [-0.39, 0.29) is 43.9 Å². The number of hydrogen-bond donors (Lipinski definition) is 0. The molecule has 18 rings (SSSR count). The van der Waals surface area contributed by atoms with Gasteiger partial charge >= 0.3 is 570 Å². The molecule has 4 heteroatoms. The van der Waals surface area contributed by atoms with Crippen LogP contribution in [-0.4, -0.2) is 6.88 Å². The molecule has 0 nitrogen and oxygen atoms in total. The third-order valence-electron chi connectivity index (χ3n) is 22.4. The molecule has 4 atom stereocenters. The van der Waals surface area contributed by atoms with Crippen molar-refractivity contribution in [3.8, 4) is 44.5 Å². The minimum atomic E-state index is -5.04. The molecule has 0 saturated heterocycles. The van der Waals surface area contributed by atoms with Gasteiger partial charge in [0.25, 0.3) is 0 Å². The summed E-state index contributed by atoms with van der Waals surface area (Å²) in [5.41, 5.74) is 22.4. The molecule has 0 spiro atoms. The Morgan fingerprint density at radius 1 is 0.286 bits per heavy atom. The Balaban J connectivity index is 0.00000376. The molecule has 2 aliphatic carbocycles. The van der Waals surface area contributed by atoms with E-state index >= 15 is 0 Å². The summed E-state index contributed by atoms with van der Waals surface area (Å²) >= 11 is -5.04. The standard InChI is InChI=1S/2C46H33.2CH3.2ClH.H2Si.Zr/c2*1-30(32-13-3-2-4-14-32)25-31-26-43-41(45-37-19-9-5-15-33(37)28-34-16-6-10-20-38(34)45)23-24-42(44(43)27-31)46-39-21-11-7-17-35(39)29-36-18-8-12-22-40(36)46;;;;;;/h2*2-24,26-30H,25H2,1H3;2*1H3;2*1H;1H2;/p-2. The summed E-state index contributed by atoms with van der Waals surface area (Å²) < 4.78 is 6.09. The minimum Gasteiger partial charge on any atom is -1.00 e. The van der Waals surface area contributed by atoms with Gasteiger partial charge in [-0.2, -0.15) is 0 Å². The molecule has 0 aliphatic heterocycles. The molecule has 98 heavy (non-hydrogen) atoms. The molecule has 0 saturated carbocycles. The molecule has 16 aromatic carbocycles. The van der Waals surface area contributed by atoms with Gasteiger partial charge in [0.2, 0.25) is 0 Å².